The first-order valence-corrected chi connectivity index (χ1v) is 7.66. The molecule has 0 amide bonds. The van der Waals surface area contributed by atoms with Gasteiger partial charge in [-0.1, -0.05) is 11.8 Å². The zero-order valence-corrected chi connectivity index (χ0v) is 11.9. The van der Waals surface area contributed by atoms with Crippen molar-refractivity contribution >= 4 is 38.3 Å². The predicted octanol–water partition coefficient (Wildman–Crippen LogP) is 0.763. The zero-order valence-electron chi connectivity index (χ0n) is 8.91. The first-order chi connectivity index (χ1) is 8.11. The van der Waals surface area contributed by atoms with Gasteiger partial charge in [0.2, 0.25) is 0 Å². The third-order valence-corrected chi connectivity index (χ3v) is 4.14. The number of carbonyl (C=O) groups excluding carboxylic acids is 1. The smallest absolute Gasteiger partial charge is 0.253 e. The van der Waals surface area contributed by atoms with Crippen molar-refractivity contribution in [3.8, 4) is 0 Å². The van der Waals surface area contributed by atoms with Crippen molar-refractivity contribution in [1.82, 2.24) is 3.44 Å². The summed E-state index contributed by atoms with van der Waals surface area (Å²) in [6.45, 7) is 2.10. The molecule has 0 bridgehead atoms. The van der Waals surface area contributed by atoms with Gasteiger partial charge >= 0.3 is 0 Å². The topological polar surface area (TPSA) is 88.1 Å². The number of hydrogen-bond donors (Lipinski definition) is 0. The SMILES string of the molecule is CC(=O)S[C@H]1CO[C@H]2[C@@H]1OC[C@H]2ON([O-])I=O. The molecule has 2 saturated heterocycles. The fourth-order valence-electron chi connectivity index (χ4n) is 1.96. The molecule has 2 heterocycles. The molecular weight excluding hydrogens is 365 g/mol. The second-order valence-corrected chi connectivity index (χ2v) is 6.27. The molecule has 0 unspecified atom stereocenters. The Morgan fingerprint density at radius 3 is 2.82 bits per heavy atom. The van der Waals surface area contributed by atoms with Crippen LogP contribution in [0.5, 0.6) is 0 Å². The second kappa shape index (κ2) is 5.99. The van der Waals surface area contributed by atoms with E-state index in [0.717, 1.165) is 0 Å². The molecule has 7 nitrogen and oxygen atoms in total. The van der Waals surface area contributed by atoms with Crippen LogP contribution in [0.25, 0.3) is 0 Å². The Morgan fingerprint density at radius 2 is 2.18 bits per heavy atom. The van der Waals surface area contributed by atoms with Gasteiger partial charge in [-0.2, -0.15) is 3.44 Å². The van der Waals surface area contributed by atoms with E-state index >= 15 is 0 Å². The van der Waals surface area contributed by atoms with E-state index in [1.165, 1.54) is 18.7 Å². The van der Waals surface area contributed by atoms with Crippen LogP contribution < -0.4 is 0 Å². The summed E-state index contributed by atoms with van der Waals surface area (Å²) in [6.07, 6.45) is -1.14. The molecule has 0 spiro atoms. The molecule has 2 aliphatic heterocycles. The molecule has 4 atom stereocenters. The maximum absolute atomic E-state index is 11.0. The van der Waals surface area contributed by atoms with Gasteiger partial charge < -0.3 is 14.7 Å². The van der Waals surface area contributed by atoms with E-state index in [-0.39, 0.29) is 32.6 Å². The van der Waals surface area contributed by atoms with Gasteiger partial charge in [0.25, 0.3) is 21.5 Å². The van der Waals surface area contributed by atoms with Gasteiger partial charge in [-0.15, -0.1) is 0 Å². The molecule has 0 radical (unpaired) electrons. The summed E-state index contributed by atoms with van der Waals surface area (Å²) in [5.41, 5.74) is 0. The lowest BCUT2D eigenvalue weighted by molar-refractivity contribution is -0.119. The highest BCUT2D eigenvalue weighted by Crippen LogP contribution is 2.35. The lowest BCUT2D eigenvalue weighted by Gasteiger charge is -2.24. The number of halogens is 1. The van der Waals surface area contributed by atoms with Crippen molar-refractivity contribution < 1.29 is 22.2 Å². The highest BCUT2D eigenvalue weighted by atomic mass is 127. The van der Waals surface area contributed by atoms with Crippen LogP contribution in [-0.4, -0.2) is 45.3 Å². The van der Waals surface area contributed by atoms with Crippen LogP contribution in [0.4, 0.5) is 0 Å². The summed E-state index contributed by atoms with van der Waals surface area (Å²) in [4.78, 5) is 15.9. The number of nitrogens with zero attached hydrogens (tertiary/aromatic N) is 1. The van der Waals surface area contributed by atoms with E-state index < -0.39 is 27.6 Å². The first-order valence-electron chi connectivity index (χ1n) is 4.93. The average molecular weight is 376 g/mol. The minimum absolute atomic E-state index is 0.00287. The van der Waals surface area contributed by atoms with Crippen LogP contribution in [0.1, 0.15) is 6.92 Å². The number of rotatable bonds is 4. The molecule has 98 valence electrons. The van der Waals surface area contributed by atoms with E-state index in [4.69, 9.17) is 14.3 Å². The van der Waals surface area contributed by atoms with Crippen LogP contribution >= 0.6 is 33.2 Å². The van der Waals surface area contributed by atoms with Gasteiger partial charge in [-0.3, -0.25) is 12.7 Å². The van der Waals surface area contributed by atoms with Crippen molar-refractivity contribution in [2.75, 3.05) is 13.2 Å². The quantitative estimate of drug-likeness (QED) is 0.404. The van der Waals surface area contributed by atoms with Crippen molar-refractivity contribution in [2.24, 2.45) is 0 Å². The van der Waals surface area contributed by atoms with Gasteiger partial charge in [0.05, 0.1) is 18.5 Å². The molecule has 0 saturated carbocycles. The van der Waals surface area contributed by atoms with Gasteiger partial charge in [0.15, 0.2) is 5.12 Å². The van der Waals surface area contributed by atoms with E-state index in [0.29, 0.717) is 6.61 Å². The molecular formula is C8H11INO6S-. The van der Waals surface area contributed by atoms with Crippen molar-refractivity contribution in [3.63, 3.8) is 0 Å². The second-order valence-electron chi connectivity index (χ2n) is 3.67. The van der Waals surface area contributed by atoms with Crippen LogP contribution in [0.2, 0.25) is 0 Å². The fourth-order valence-corrected chi connectivity index (χ4v) is 3.28. The maximum Gasteiger partial charge on any atom is 0.253 e. The van der Waals surface area contributed by atoms with E-state index in [1.54, 1.807) is 0 Å². The van der Waals surface area contributed by atoms with Crippen molar-refractivity contribution in [3.05, 3.63) is 5.21 Å². The van der Waals surface area contributed by atoms with Crippen LogP contribution in [-0.2, 0) is 22.2 Å². The minimum Gasteiger partial charge on any atom is -0.751 e. The summed E-state index contributed by atoms with van der Waals surface area (Å²) in [5.74, 6) is 0. The number of carbonyl (C=O) groups is 1. The Kier molecular flexibility index (Phi) is 4.86. The monoisotopic (exact) mass is 376 g/mol. The van der Waals surface area contributed by atoms with Crippen LogP contribution in [0.3, 0.4) is 0 Å². The highest BCUT2D eigenvalue weighted by molar-refractivity contribution is 14.1. The number of thioether (sulfide) groups is 1. The zero-order chi connectivity index (χ0) is 12.4. The number of fused-ring (bicyclic) bond motifs is 1. The fraction of sp³-hybridized carbons (Fsp3) is 0.875. The summed E-state index contributed by atoms with van der Waals surface area (Å²) >= 11 is -0.709. The molecule has 9 heteroatoms. The Hall–Kier alpha value is 0.350. The molecule has 2 aliphatic rings. The molecule has 2 rings (SSSR count). The lowest BCUT2D eigenvalue weighted by atomic mass is 10.1. The standard InChI is InChI=1S/C8H11INO6S/c1-4(11)17-6-3-15-7-5(2-14-8(6)7)16-10(13)9-12/h5-8H,2-3H2,1H3/q-1/t5-,6+,7-,8-/m1/s1. The molecule has 17 heavy (non-hydrogen) atoms. The lowest BCUT2D eigenvalue weighted by Crippen LogP contribution is -2.34. The Labute approximate surface area is 113 Å². The highest BCUT2D eigenvalue weighted by Gasteiger charge is 2.49. The van der Waals surface area contributed by atoms with Gasteiger partial charge in [0, 0.05) is 6.92 Å². The molecule has 0 aromatic heterocycles. The van der Waals surface area contributed by atoms with Gasteiger partial charge in [-0.05, 0) is 0 Å². The summed E-state index contributed by atoms with van der Waals surface area (Å²) in [5, 5.41) is 10.8. The third-order valence-electron chi connectivity index (χ3n) is 2.55. The molecule has 2 fully saturated rings. The Morgan fingerprint density at radius 1 is 1.47 bits per heavy atom. The molecule has 0 aliphatic carbocycles. The number of hydrogen-bond acceptors (Lipinski definition) is 7. The van der Waals surface area contributed by atoms with Crippen LogP contribution in [0, 0.1) is 5.21 Å². The molecule has 0 N–H and O–H groups in total. The predicted molar refractivity (Wildman–Crippen MR) is 66.3 cm³/mol. The van der Waals surface area contributed by atoms with Crippen molar-refractivity contribution in [1.29, 1.82) is 0 Å². The van der Waals surface area contributed by atoms with E-state index in [2.05, 4.69) is 0 Å². The average Bonchev–Trinajstić information content (AvgIpc) is 2.83. The third kappa shape index (κ3) is 3.22. The number of ether oxygens (including phenoxy) is 2. The van der Waals surface area contributed by atoms with Crippen molar-refractivity contribution in [2.45, 2.75) is 30.5 Å². The summed E-state index contributed by atoms with van der Waals surface area (Å²) in [6, 6.07) is 0. The first kappa shape index (κ1) is 13.8. The summed E-state index contributed by atoms with van der Waals surface area (Å²) < 4.78 is 21.4. The van der Waals surface area contributed by atoms with E-state index in [1.807, 2.05) is 0 Å². The molecule has 0 aromatic carbocycles. The summed E-state index contributed by atoms with van der Waals surface area (Å²) in [7, 11) is 0. The normalized spacial score (nSPS) is 36.4. The van der Waals surface area contributed by atoms with Gasteiger partial charge in [-0.25, -0.2) is 0 Å². The largest absolute Gasteiger partial charge is 0.751 e. The van der Waals surface area contributed by atoms with E-state index in [9.17, 15) is 13.1 Å². The molecule has 0 aromatic rings. The Balaban J connectivity index is 1.92. The minimum atomic E-state index is -1.88. The van der Waals surface area contributed by atoms with Gasteiger partial charge in [0.1, 0.15) is 18.3 Å². The maximum atomic E-state index is 11.0. The van der Waals surface area contributed by atoms with Crippen LogP contribution in [0.15, 0.2) is 0 Å². The Bertz CT molecular complexity index is 318.